The average Bonchev–Trinajstić information content (AvgIpc) is 2.20. The minimum atomic E-state index is -0.455. The molecular formula is C9H10BrNO4. The van der Waals surface area contributed by atoms with Gasteiger partial charge in [0.2, 0.25) is 0 Å². The first-order valence-electron chi connectivity index (χ1n) is 4.21. The summed E-state index contributed by atoms with van der Waals surface area (Å²) in [6.45, 7) is 0.885. The number of hydrogen-bond acceptors (Lipinski definition) is 4. The van der Waals surface area contributed by atoms with Crippen LogP contribution in [0.2, 0.25) is 0 Å². The van der Waals surface area contributed by atoms with Gasteiger partial charge in [-0.3, -0.25) is 10.1 Å². The van der Waals surface area contributed by atoms with Gasteiger partial charge in [-0.05, 0) is 22.0 Å². The Bertz CT molecular complexity index is 356. The molecule has 0 atom stereocenters. The van der Waals surface area contributed by atoms with Crippen LogP contribution in [-0.2, 0) is 4.74 Å². The molecule has 6 heteroatoms. The van der Waals surface area contributed by atoms with Gasteiger partial charge in [-0.2, -0.15) is 0 Å². The van der Waals surface area contributed by atoms with E-state index in [0.717, 1.165) is 0 Å². The highest BCUT2D eigenvalue weighted by Gasteiger charge is 2.09. The number of nitrogens with zero attached hydrogens (tertiary/aromatic N) is 1. The van der Waals surface area contributed by atoms with Gasteiger partial charge in [0, 0.05) is 19.2 Å². The van der Waals surface area contributed by atoms with Gasteiger partial charge in [0.05, 0.1) is 16.0 Å². The normalized spacial score (nSPS) is 10.0. The molecule has 0 saturated heterocycles. The second-order valence-corrected chi connectivity index (χ2v) is 3.57. The van der Waals surface area contributed by atoms with E-state index in [-0.39, 0.29) is 5.69 Å². The van der Waals surface area contributed by atoms with E-state index in [1.807, 2.05) is 0 Å². The number of halogens is 1. The maximum absolute atomic E-state index is 10.4. The minimum absolute atomic E-state index is 0.0287. The second-order valence-electron chi connectivity index (χ2n) is 2.71. The van der Waals surface area contributed by atoms with Crippen LogP contribution in [0.25, 0.3) is 0 Å². The summed E-state index contributed by atoms with van der Waals surface area (Å²) in [5.41, 5.74) is 0.0287. The van der Waals surface area contributed by atoms with Crippen molar-refractivity contribution in [3.8, 4) is 5.75 Å². The molecule has 0 unspecified atom stereocenters. The first-order valence-corrected chi connectivity index (χ1v) is 5.00. The number of rotatable bonds is 5. The van der Waals surface area contributed by atoms with E-state index in [0.29, 0.717) is 23.4 Å². The van der Waals surface area contributed by atoms with Crippen molar-refractivity contribution in [1.82, 2.24) is 0 Å². The van der Waals surface area contributed by atoms with Crippen LogP contribution in [0, 0.1) is 10.1 Å². The Labute approximate surface area is 95.3 Å². The van der Waals surface area contributed by atoms with Crippen LogP contribution in [0.1, 0.15) is 0 Å². The predicted molar refractivity (Wildman–Crippen MR) is 58.2 cm³/mol. The second kappa shape index (κ2) is 5.67. The Kier molecular flexibility index (Phi) is 4.51. The standard InChI is InChI=1S/C9H10BrNO4/c1-14-4-5-15-9-3-2-7(11(12)13)6-8(9)10/h2-3,6H,4-5H2,1H3. The maximum atomic E-state index is 10.4. The fraction of sp³-hybridized carbons (Fsp3) is 0.333. The number of non-ortho nitro benzene ring substituents is 1. The van der Waals surface area contributed by atoms with Crippen molar-refractivity contribution < 1.29 is 14.4 Å². The molecule has 0 fully saturated rings. The van der Waals surface area contributed by atoms with Crippen molar-refractivity contribution >= 4 is 21.6 Å². The van der Waals surface area contributed by atoms with Crippen LogP contribution in [0.3, 0.4) is 0 Å². The SMILES string of the molecule is COCCOc1ccc([N+](=O)[O-])cc1Br. The molecule has 0 N–H and O–H groups in total. The molecule has 1 aromatic carbocycles. The molecule has 0 aliphatic carbocycles. The summed E-state index contributed by atoms with van der Waals surface area (Å²) < 4.78 is 10.7. The van der Waals surface area contributed by atoms with Crippen LogP contribution in [0.4, 0.5) is 5.69 Å². The number of benzene rings is 1. The molecular weight excluding hydrogens is 266 g/mol. The van der Waals surface area contributed by atoms with Crippen molar-refractivity contribution in [3.05, 3.63) is 32.8 Å². The van der Waals surface area contributed by atoms with Gasteiger partial charge in [-0.1, -0.05) is 0 Å². The first-order chi connectivity index (χ1) is 7.15. The molecule has 0 aliphatic heterocycles. The van der Waals surface area contributed by atoms with E-state index >= 15 is 0 Å². The summed E-state index contributed by atoms with van der Waals surface area (Å²) in [5, 5.41) is 10.4. The van der Waals surface area contributed by atoms with E-state index < -0.39 is 4.92 Å². The summed E-state index contributed by atoms with van der Waals surface area (Å²) in [6, 6.07) is 4.35. The Balaban J connectivity index is 2.70. The molecule has 5 nitrogen and oxygen atoms in total. The van der Waals surface area contributed by atoms with Gasteiger partial charge < -0.3 is 9.47 Å². The van der Waals surface area contributed by atoms with Crippen molar-refractivity contribution in [2.24, 2.45) is 0 Å². The number of ether oxygens (including phenoxy) is 2. The summed E-state index contributed by atoms with van der Waals surface area (Å²) in [4.78, 5) is 9.99. The molecule has 0 amide bonds. The Morgan fingerprint density at radius 2 is 2.20 bits per heavy atom. The van der Waals surface area contributed by atoms with Crippen molar-refractivity contribution in [1.29, 1.82) is 0 Å². The molecule has 15 heavy (non-hydrogen) atoms. The molecule has 1 rings (SSSR count). The van der Waals surface area contributed by atoms with Crippen molar-refractivity contribution in [3.63, 3.8) is 0 Å². The summed E-state index contributed by atoms with van der Waals surface area (Å²) >= 11 is 3.20. The van der Waals surface area contributed by atoms with Gasteiger partial charge in [0.1, 0.15) is 12.4 Å². The lowest BCUT2D eigenvalue weighted by Gasteiger charge is -2.06. The van der Waals surface area contributed by atoms with Crippen molar-refractivity contribution in [2.45, 2.75) is 0 Å². The van der Waals surface area contributed by atoms with Gasteiger partial charge in [0.15, 0.2) is 0 Å². The van der Waals surface area contributed by atoms with E-state index in [2.05, 4.69) is 15.9 Å². The number of hydrogen-bond donors (Lipinski definition) is 0. The highest BCUT2D eigenvalue weighted by molar-refractivity contribution is 9.10. The molecule has 0 bridgehead atoms. The topological polar surface area (TPSA) is 61.6 Å². The molecule has 0 spiro atoms. The van der Waals surface area contributed by atoms with Gasteiger partial charge >= 0.3 is 0 Å². The quantitative estimate of drug-likeness (QED) is 0.470. The van der Waals surface area contributed by atoms with Gasteiger partial charge in [-0.25, -0.2) is 0 Å². The van der Waals surface area contributed by atoms with Crippen LogP contribution < -0.4 is 4.74 Å². The smallest absolute Gasteiger partial charge is 0.270 e. The fourth-order valence-corrected chi connectivity index (χ4v) is 1.44. The summed E-state index contributed by atoms with van der Waals surface area (Å²) in [6.07, 6.45) is 0. The fourth-order valence-electron chi connectivity index (χ4n) is 0.955. The summed E-state index contributed by atoms with van der Waals surface area (Å²) in [7, 11) is 1.58. The van der Waals surface area contributed by atoms with Gasteiger partial charge in [0.25, 0.3) is 5.69 Å². The molecule has 82 valence electrons. The van der Waals surface area contributed by atoms with E-state index in [1.54, 1.807) is 13.2 Å². The third-order valence-electron chi connectivity index (χ3n) is 1.67. The van der Waals surface area contributed by atoms with Crippen LogP contribution >= 0.6 is 15.9 Å². The zero-order chi connectivity index (χ0) is 11.3. The molecule has 0 aromatic heterocycles. The number of methoxy groups -OCH3 is 1. The number of nitro groups is 1. The third kappa shape index (κ3) is 3.49. The van der Waals surface area contributed by atoms with Crippen LogP contribution in [0.15, 0.2) is 22.7 Å². The maximum Gasteiger partial charge on any atom is 0.270 e. The lowest BCUT2D eigenvalue weighted by molar-refractivity contribution is -0.385. The highest BCUT2D eigenvalue weighted by Crippen LogP contribution is 2.28. The van der Waals surface area contributed by atoms with E-state index in [9.17, 15) is 10.1 Å². The number of nitro benzene ring substituents is 1. The monoisotopic (exact) mass is 275 g/mol. The van der Waals surface area contributed by atoms with Crippen LogP contribution in [-0.4, -0.2) is 25.2 Å². The molecule has 0 aliphatic rings. The molecule has 0 radical (unpaired) electrons. The van der Waals surface area contributed by atoms with Crippen molar-refractivity contribution in [2.75, 3.05) is 20.3 Å². The Hall–Kier alpha value is -1.14. The molecule has 0 saturated carbocycles. The average molecular weight is 276 g/mol. The Morgan fingerprint density at radius 3 is 2.73 bits per heavy atom. The zero-order valence-corrected chi connectivity index (χ0v) is 9.69. The lowest BCUT2D eigenvalue weighted by atomic mass is 10.3. The largest absolute Gasteiger partial charge is 0.490 e. The lowest BCUT2D eigenvalue weighted by Crippen LogP contribution is -2.04. The van der Waals surface area contributed by atoms with Crippen LogP contribution in [0.5, 0.6) is 5.75 Å². The first kappa shape index (κ1) is 11.9. The molecule has 0 heterocycles. The van der Waals surface area contributed by atoms with Gasteiger partial charge in [-0.15, -0.1) is 0 Å². The highest BCUT2D eigenvalue weighted by atomic mass is 79.9. The van der Waals surface area contributed by atoms with E-state index in [1.165, 1.54) is 12.1 Å². The summed E-state index contributed by atoms with van der Waals surface area (Å²) in [5.74, 6) is 0.567. The minimum Gasteiger partial charge on any atom is -0.490 e. The Morgan fingerprint density at radius 1 is 1.47 bits per heavy atom. The molecule has 1 aromatic rings. The third-order valence-corrected chi connectivity index (χ3v) is 2.29. The zero-order valence-electron chi connectivity index (χ0n) is 8.10. The predicted octanol–water partition coefficient (Wildman–Crippen LogP) is 2.38. The van der Waals surface area contributed by atoms with E-state index in [4.69, 9.17) is 9.47 Å².